The molecule has 0 spiro atoms. The lowest BCUT2D eigenvalue weighted by molar-refractivity contribution is -0.144. The molecule has 1 aliphatic heterocycles. The molecule has 200 valence electrons. The van der Waals surface area contributed by atoms with Gasteiger partial charge in [0.25, 0.3) is 0 Å². The number of hydrogen-bond donors (Lipinski definition) is 1. The van der Waals surface area contributed by atoms with Crippen LogP contribution in [0.25, 0.3) is 0 Å². The summed E-state index contributed by atoms with van der Waals surface area (Å²) in [5.74, 6) is -0.200. The van der Waals surface area contributed by atoms with Gasteiger partial charge in [-0.15, -0.1) is 0 Å². The molecule has 1 heterocycles. The Hall–Kier alpha value is -4.12. The van der Waals surface area contributed by atoms with E-state index in [1.807, 2.05) is 93.6 Å². The van der Waals surface area contributed by atoms with Gasteiger partial charge in [0, 0.05) is 29.0 Å². The number of carbonyl (C=O) groups is 2. The quantitative estimate of drug-likeness (QED) is 0.324. The van der Waals surface area contributed by atoms with E-state index >= 15 is 0 Å². The van der Waals surface area contributed by atoms with Crippen molar-refractivity contribution in [3.63, 3.8) is 0 Å². The number of benzene rings is 3. The number of hydrogen-bond acceptors (Lipinski definition) is 5. The Labute approximate surface area is 230 Å². The van der Waals surface area contributed by atoms with Gasteiger partial charge in [0.05, 0.1) is 17.6 Å². The molecule has 0 amide bonds. The number of ether oxygens (including phenoxy) is 2. The van der Waals surface area contributed by atoms with Crippen molar-refractivity contribution < 1.29 is 19.1 Å². The van der Waals surface area contributed by atoms with E-state index in [1.165, 1.54) is 0 Å². The second-order valence-corrected chi connectivity index (χ2v) is 10.4. The number of dihydropyridines is 1. The van der Waals surface area contributed by atoms with E-state index in [-0.39, 0.29) is 17.8 Å². The lowest BCUT2D eigenvalue weighted by Crippen LogP contribution is -2.36. The van der Waals surface area contributed by atoms with Crippen LogP contribution in [0.3, 0.4) is 0 Å². The molecule has 0 unspecified atom stereocenters. The third kappa shape index (κ3) is 5.68. The first-order valence-corrected chi connectivity index (χ1v) is 13.7. The summed E-state index contributed by atoms with van der Waals surface area (Å²) in [6, 6.07) is 27.8. The highest BCUT2D eigenvalue weighted by Crippen LogP contribution is 2.47. The Morgan fingerprint density at radius 1 is 0.949 bits per heavy atom. The first kappa shape index (κ1) is 26.5. The zero-order valence-electron chi connectivity index (χ0n) is 22.8. The molecule has 0 bridgehead atoms. The molecular formula is C34H35NO4. The molecule has 1 aliphatic carbocycles. The minimum Gasteiger partial charge on any atom is -0.489 e. The van der Waals surface area contributed by atoms with Crippen LogP contribution in [0.15, 0.2) is 107 Å². The Kier molecular flexibility index (Phi) is 7.97. The van der Waals surface area contributed by atoms with E-state index < -0.39 is 11.9 Å². The van der Waals surface area contributed by atoms with Gasteiger partial charge < -0.3 is 14.8 Å². The molecule has 5 rings (SSSR count). The number of para-hydroxylation sites is 1. The van der Waals surface area contributed by atoms with Crippen molar-refractivity contribution in [3.8, 4) is 5.75 Å². The van der Waals surface area contributed by atoms with Crippen molar-refractivity contribution in [2.24, 2.45) is 0 Å². The summed E-state index contributed by atoms with van der Waals surface area (Å²) in [5.41, 5.74) is 5.68. The predicted octanol–water partition coefficient (Wildman–Crippen LogP) is 6.97. The predicted molar refractivity (Wildman–Crippen MR) is 152 cm³/mol. The molecule has 3 aromatic rings. The van der Waals surface area contributed by atoms with Crippen LogP contribution in [-0.4, -0.2) is 17.9 Å². The molecule has 0 saturated heterocycles. The normalized spacial score (nSPS) is 19.7. The maximum atomic E-state index is 13.9. The van der Waals surface area contributed by atoms with Gasteiger partial charge in [-0.05, 0) is 49.8 Å². The SMILES string of the molecule is CC[C@H](C)OC(=O)C1=C(C)NC2=C(C(=O)C[C@@H](c3ccccc3)C2)[C@@H]1c1ccccc1OCc1ccccc1. The molecule has 0 radical (unpaired) electrons. The third-order valence-electron chi connectivity index (χ3n) is 7.67. The van der Waals surface area contributed by atoms with Crippen LogP contribution in [0.2, 0.25) is 0 Å². The Balaban J connectivity index is 1.57. The van der Waals surface area contributed by atoms with Crippen LogP contribution in [0.4, 0.5) is 0 Å². The molecule has 5 nitrogen and oxygen atoms in total. The largest absolute Gasteiger partial charge is 0.489 e. The van der Waals surface area contributed by atoms with Crippen molar-refractivity contribution in [1.29, 1.82) is 0 Å². The van der Waals surface area contributed by atoms with Crippen molar-refractivity contribution in [2.45, 2.75) is 64.6 Å². The first-order valence-electron chi connectivity index (χ1n) is 13.7. The monoisotopic (exact) mass is 521 g/mol. The maximum absolute atomic E-state index is 13.9. The zero-order valence-corrected chi connectivity index (χ0v) is 22.8. The summed E-state index contributed by atoms with van der Waals surface area (Å²) in [5, 5.41) is 3.44. The highest BCUT2D eigenvalue weighted by atomic mass is 16.5. The number of allylic oxidation sites excluding steroid dienone is 3. The van der Waals surface area contributed by atoms with Gasteiger partial charge in [0.1, 0.15) is 12.4 Å². The number of rotatable bonds is 8. The van der Waals surface area contributed by atoms with E-state index in [4.69, 9.17) is 9.47 Å². The highest BCUT2D eigenvalue weighted by molar-refractivity contribution is 6.04. The molecule has 2 aliphatic rings. The first-order chi connectivity index (χ1) is 19.0. The molecule has 1 N–H and O–H groups in total. The molecule has 0 aromatic heterocycles. The molecular weight excluding hydrogens is 486 g/mol. The molecule has 0 saturated carbocycles. The summed E-state index contributed by atoms with van der Waals surface area (Å²) in [7, 11) is 0. The van der Waals surface area contributed by atoms with Crippen molar-refractivity contribution in [1.82, 2.24) is 5.32 Å². The summed E-state index contributed by atoms with van der Waals surface area (Å²) in [4.78, 5) is 27.6. The summed E-state index contributed by atoms with van der Waals surface area (Å²) >= 11 is 0. The van der Waals surface area contributed by atoms with Crippen molar-refractivity contribution in [3.05, 3.63) is 124 Å². The molecule has 39 heavy (non-hydrogen) atoms. The van der Waals surface area contributed by atoms with Gasteiger partial charge in [-0.3, -0.25) is 4.79 Å². The van der Waals surface area contributed by atoms with Crippen molar-refractivity contribution in [2.75, 3.05) is 0 Å². The number of esters is 1. The van der Waals surface area contributed by atoms with Gasteiger partial charge in [0.15, 0.2) is 5.78 Å². The van der Waals surface area contributed by atoms with E-state index in [1.54, 1.807) is 0 Å². The Bertz CT molecular complexity index is 1410. The zero-order chi connectivity index (χ0) is 27.4. The van der Waals surface area contributed by atoms with Gasteiger partial charge in [0.2, 0.25) is 0 Å². The Morgan fingerprint density at radius 3 is 2.33 bits per heavy atom. The maximum Gasteiger partial charge on any atom is 0.337 e. The second kappa shape index (κ2) is 11.7. The van der Waals surface area contributed by atoms with Crippen LogP contribution in [0.5, 0.6) is 5.75 Å². The number of carbonyl (C=O) groups excluding carboxylic acids is 2. The van der Waals surface area contributed by atoms with E-state index in [0.717, 1.165) is 22.4 Å². The van der Waals surface area contributed by atoms with E-state index in [9.17, 15) is 9.59 Å². The fourth-order valence-corrected chi connectivity index (χ4v) is 5.50. The van der Waals surface area contributed by atoms with Gasteiger partial charge in [-0.1, -0.05) is 85.8 Å². The number of nitrogens with one attached hydrogen (secondary N) is 1. The molecule has 0 fully saturated rings. The molecule has 5 heteroatoms. The summed E-state index contributed by atoms with van der Waals surface area (Å²) in [6.07, 6.45) is 1.56. The van der Waals surface area contributed by atoms with Crippen LogP contribution in [0, 0.1) is 0 Å². The fraction of sp³-hybridized carbons (Fsp3) is 0.294. The van der Waals surface area contributed by atoms with Crippen LogP contribution in [-0.2, 0) is 20.9 Å². The van der Waals surface area contributed by atoms with E-state index in [0.29, 0.717) is 48.5 Å². The minimum atomic E-state index is -0.575. The fourth-order valence-electron chi connectivity index (χ4n) is 5.50. The van der Waals surface area contributed by atoms with Crippen LogP contribution in [0.1, 0.15) is 68.6 Å². The molecule has 3 aromatic carbocycles. The van der Waals surface area contributed by atoms with Gasteiger partial charge in [-0.2, -0.15) is 0 Å². The Morgan fingerprint density at radius 2 is 1.62 bits per heavy atom. The van der Waals surface area contributed by atoms with Crippen LogP contribution >= 0.6 is 0 Å². The van der Waals surface area contributed by atoms with Crippen LogP contribution < -0.4 is 10.1 Å². The number of Topliss-reactive ketones (excluding diaryl/α,β-unsaturated/α-hetero) is 1. The number of ketones is 1. The highest BCUT2D eigenvalue weighted by Gasteiger charge is 2.42. The lowest BCUT2D eigenvalue weighted by Gasteiger charge is -2.37. The smallest absolute Gasteiger partial charge is 0.337 e. The topological polar surface area (TPSA) is 64.6 Å². The van der Waals surface area contributed by atoms with Gasteiger partial charge >= 0.3 is 5.97 Å². The molecule has 3 atom stereocenters. The minimum absolute atomic E-state index is 0.0433. The third-order valence-corrected chi connectivity index (χ3v) is 7.67. The summed E-state index contributed by atoms with van der Waals surface area (Å²) < 4.78 is 12.1. The second-order valence-electron chi connectivity index (χ2n) is 10.4. The van der Waals surface area contributed by atoms with Crippen molar-refractivity contribution >= 4 is 11.8 Å². The average molecular weight is 522 g/mol. The summed E-state index contributed by atoms with van der Waals surface area (Å²) in [6.45, 7) is 6.15. The average Bonchev–Trinajstić information content (AvgIpc) is 2.96. The van der Waals surface area contributed by atoms with Gasteiger partial charge in [-0.25, -0.2) is 4.79 Å². The van der Waals surface area contributed by atoms with E-state index in [2.05, 4.69) is 17.4 Å². The lowest BCUT2D eigenvalue weighted by atomic mass is 9.71. The standard InChI is InChI=1S/C34H35NO4/c1-4-22(2)39-34(37)31-23(3)35-28-19-26(25-15-9-6-10-16-25)20-29(36)33(28)32(31)27-17-11-12-18-30(27)38-21-24-13-7-5-8-14-24/h5-18,22,26,32,35H,4,19-21H2,1-3H3/t22-,26-,32+/m0/s1.